The summed E-state index contributed by atoms with van der Waals surface area (Å²) in [6.45, 7) is 3.31. The van der Waals surface area contributed by atoms with E-state index < -0.39 is 0 Å². The van der Waals surface area contributed by atoms with Gasteiger partial charge in [-0.15, -0.1) is 0 Å². The molecule has 1 atom stereocenters. The Kier molecular flexibility index (Phi) is 6.59. The normalized spacial score (nSPS) is 17.1. The first-order valence-corrected chi connectivity index (χ1v) is 10.8. The van der Waals surface area contributed by atoms with Gasteiger partial charge >= 0.3 is 0 Å². The number of hydrogen-bond acceptors (Lipinski definition) is 5. The largest absolute Gasteiger partial charge is 0.454 e. The van der Waals surface area contributed by atoms with Gasteiger partial charge in [0, 0.05) is 46.0 Å². The highest BCUT2D eigenvalue weighted by Crippen LogP contribution is 2.32. The molecule has 2 aromatic carbocycles. The van der Waals surface area contributed by atoms with E-state index in [0.29, 0.717) is 6.54 Å². The van der Waals surface area contributed by atoms with E-state index in [1.54, 1.807) is 0 Å². The first-order chi connectivity index (χ1) is 14.6. The lowest BCUT2D eigenvalue weighted by atomic mass is 10.1. The molecule has 1 saturated heterocycles. The van der Waals surface area contributed by atoms with Crippen LogP contribution in [0.1, 0.15) is 24.0 Å². The molecule has 30 heavy (non-hydrogen) atoms. The van der Waals surface area contributed by atoms with E-state index in [4.69, 9.17) is 26.4 Å². The smallest absolute Gasteiger partial charge is 0.231 e. The number of rotatable bonds is 7. The number of ether oxygens (including phenoxy) is 3. The van der Waals surface area contributed by atoms with Gasteiger partial charge in [-0.25, -0.2) is 0 Å². The molecule has 0 spiro atoms. The monoisotopic (exact) mass is 427 g/mol. The van der Waals surface area contributed by atoms with Crippen LogP contribution in [0.15, 0.2) is 42.5 Å². The lowest BCUT2D eigenvalue weighted by molar-refractivity contribution is 0.0897. The summed E-state index contributed by atoms with van der Waals surface area (Å²) in [5, 5.41) is 4.15. The number of hydrogen-bond donors (Lipinski definition) is 1. The molecule has 160 valence electrons. The molecule has 4 rings (SSSR count). The fourth-order valence-corrected chi connectivity index (χ4v) is 3.92. The Morgan fingerprint density at radius 2 is 1.83 bits per heavy atom. The Balaban J connectivity index is 1.40. The number of anilines is 1. The topological polar surface area (TPSA) is 46.2 Å². The van der Waals surface area contributed by atoms with Crippen LogP contribution in [-0.2, 0) is 17.8 Å². The minimum absolute atomic E-state index is 0.233. The van der Waals surface area contributed by atoms with Crippen molar-refractivity contribution < 1.29 is 14.2 Å². The Hall–Kier alpha value is -2.51. The Morgan fingerprint density at radius 3 is 2.57 bits per heavy atom. The van der Waals surface area contributed by atoms with Crippen molar-refractivity contribution in [2.45, 2.75) is 32.0 Å². The van der Waals surface area contributed by atoms with Gasteiger partial charge < -0.3 is 29.3 Å². The van der Waals surface area contributed by atoms with Crippen molar-refractivity contribution in [3.63, 3.8) is 0 Å². The zero-order valence-electron chi connectivity index (χ0n) is 17.6. The number of fused-ring (bicyclic) bond motifs is 1. The SMILES string of the molecule is CN(C)c1ccc(CN(C[C@@H]2CCCO2)C(=S)NCc2ccc3c(c2)OCO3)cc1. The molecule has 2 aliphatic heterocycles. The van der Waals surface area contributed by atoms with Crippen LogP contribution < -0.4 is 19.7 Å². The maximum atomic E-state index is 5.87. The van der Waals surface area contributed by atoms with Crippen LogP contribution in [-0.4, -0.2) is 50.2 Å². The molecule has 0 amide bonds. The van der Waals surface area contributed by atoms with Crippen LogP contribution in [0.25, 0.3) is 0 Å². The van der Waals surface area contributed by atoms with Crippen LogP contribution in [0.4, 0.5) is 5.69 Å². The zero-order chi connectivity index (χ0) is 20.9. The molecular weight excluding hydrogens is 398 g/mol. The fourth-order valence-electron chi connectivity index (χ4n) is 3.71. The molecule has 0 aliphatic carbocycles. The summed E-state index contributed by atoms with van der Waals surface area (Å²) in [4.78, 5) is 4.31. The maximum absolute atomic E-state index is 5.87. The second-order valence-corrected chi connectivity index (χ2v) is 8.31. The van der Waals surface area contributed by atoms with Crippen LogP contribution in [0.3, 0.4) is 0 Å². The van der Waals surface area contributed by atoms with E-state index in [2.05, 4.69) is 39.4 Å². The van der Waals surface area contributed by atoms with Crippen LogP contribution in [0, 0.1) is 0 Å². The highest BCUT2D eigenvalue weighted by atomic mass is 32.1. The van der Waals surface area contributed by atoms with Gasteiger partial charge in [0.15, 0.2) is 16.6 Å². The van der Waals surface area contributed by atoms with Crippen molar-refractivity contribution in [3.8, 4) is 11.5 Å². The van der Waals surface area contributed by atoms with Gasteiger partial charge in [-0.05, 0) is 60.5 Å². The van der Waals surface area contributed by atoms with Crippen molar-refractivity contribution in [1.82, 2.24) is 10.2 Å². The summed E-state index contributed by atoms with van der Waals surface area (Å²) in [7, 11) is 4.10. The van der Waals surface area contributed by atoms with Crippen molar-refractivity contribution in [2.24, 2.45) is 0 Å². The molecule has 1 fully saturated rings. The van der Waals surface area contributed by atoms with Gasteiger partial charge in [-0.1, -0.05) is 18.2 Å². The predicted octanol–water partition coefficient (Wildman–Crippen LogP) is 3.54. The van der Waals surface area contributed by atoms with E-state index in [-0.39, 0.29) is 12.9 Å². The highest BCUT2D eigenvalue weighted by molar-refractivity contribution is 7.80. The van der Waals surface area contributed by atoms with Gasteiger partial charge in [0.1, 0.15) is 0 Å². The number of nitrogens with one attached hydrogen (secondary N) is 1. The van der Waals surface area contributed by atoms with Gasteiger partial charge in [0.25, 0.3) is 0 Å². The van der Waals surface area contributed by atoms with Crippen LogP contribution >= 0.6 is 12.2 Å². The standard InChI is InChI=1S/C23H29N3O3S/c1-25(2)19-8-5-17(6-9-19)14-26(15-20-4-3-11-27-20)23(30)24-13-18-7-10-21-22(12-18)29-16-28-21/h5-10,12,20H,3-4,11,13-16H2,1-2H3,(H,24,30)/t20-/m0/s1. The Bertz CT molecular complexity index is 866. The van der Waals surface area contributed by atoms with E-state index in [0.717, 1.165) is 54.7 Å². The lowest BCUT2D eigenvalue weighted by Gasteiger charge is -2.28. The Labute approximate surface area is 183 Å². The van der Waals surface area contributed by atoms with E-state index >= 15 is 0 Å². The molecule has 7 heteroatoms. The molecule has 1 N–H and O–H groups in total. The molecule has 0 bridgehead atoms. The van der Waals surface area contributed by atoms with Crippen molar-refractivity contribution >= 4 is 23.0 Å². The van der Waals surface area contributed by atoms with Gasteiger partial charge in [-0.2, -0.15) is 0 Å². The third-order valence-electron chi connectivity index (χ3n) is 5.44. The van der Waals surface area contributed by atoms with Gasteiger partial charge in [0.05, 0.1) is 6.10 Å². The van der Waals surface area contributed by atoms with Crippen LogP contribution in [0.2, 0.25) is 0 Å². The van der Waals surface area contributed by atoms with Crippen LogP contribution in [0.5, 0.6) is 11.5 Å². The number of nitrogens with zero attached hydrogens (tertiary/aromatic N) is 2. The lowest BCUT2D eigenvalue weighted by Crippen LogP contribution is -2.42. The van der Waals surface area contributed by atoms with E-state index in [9.17, 15) is 0 Å². The van der Waals surface area contributed by atoms with Crippen molar-refractivity contribution in [1.29, 1.82) is 0 Å². The highest BCUT2D eigenvalue weighted by Gasteiger charge is 2.21. The second-order valence-electron chi connectivity index (χ2n) is 7.92. The molecule has 0 radical (unpaired) electrons. The molecule has 0 saturated carbocycles. The third kappa shape index (κ3) is 5.15. The fraction of sp³-hybridized carbons (Fsp3) is 0.435. The van der Waals surface area contributed by atoms with E-state index in [1.165, 1.54) is 11.3 Å². The summed E-state index contributed by atoms with van der Waals surface area (Å²) in [5.74, 6) is 1.58. The quantitative estimate of drug-likeness (QED) is 0.678. The summed E-state index contributed by atoms with van der Waals surface area (Å²) in [6.07, 6.45) is 2.44. The van der Waals surface area contributed by atoms with E-state index in [1.807, 2.05) is 32.3 Å². The third-order valence-corrected chi connectivity index (χ3v) is 5.84. The zero-order valence-corrected chi connectivity index (χ0v) is 18.4. The molecule has 2 heterocycles. The van der Waals surface area contributed by atoms with Crippen molar-refractivity contribution in [3.05, 3.63) is 53.6 Å². The minimum Gasteiger partial charge on any atom is -0.454 e. The summed E-state index contributed by atoms with van der Waals surface area (Å²) < 4.78 is 16.7. The number of thiocarbonyl (C=S) groups is 1. The molecule has 0 aromatic heterocycles. The Morgan fingerprint density at radius 1 is 1.07 bits per heavy atom. The summed E-state index contributed by atoms with van der Waals surface area (Å²) >= 11 is 5.77. The molecule has 2 aliphatic rings. The first kappa shape index (κ1) is 20.8. The van der Waals surface area contributed by atoms with Gasteiger partial charge in [-0.3, -0.25) is 0 Å². The number of benzene rings is 2. The second kappa shape index (κ2) is 9.53. The predicted molar refractivity (Wildman–Crippen MR) is 122 cm³/mol. The summed E-state index contributed by atoms with van der Waals surface area (Å²) in [5.41, 5.74) is 3.52. The minimum atomic E-state index is 0.233. The average molecular weight is 428 g/mol. The first-order valence-electron chi connectivity index (χ1n) is 10.4. The van der Waals surface area contributed by atoms with Gasteiger partial charge in [0.2, 0.25) is 6.79 Å². The summed E-state index contributed by atoms with van der Waals surface area (Å²) in [6, 6.07) is 14.6. The maximum Gasteiger partial charge on any atom is 0.231 e. The molecule has 2 aromatic rings. The van der Waals surface area contributed by atoms with Crippen molar-refractivity contribution in [2.75, 3.05) is 38.9 Å². The molecular formula is C23H29N3O3S. The average Bonchev–Trinajstić information content (AvgIpc) is 3.43. The molecule has 6 nitrogen and oxygen atoms in total. The molecule has 0 unspecified atom stereocenters.